The molecule has 0 saturated heterocycles. The molecule has 0 radical (unpaired) electrons. The number of rotatable bonds is 5. The van der Waals surface area contributed by atoms with Crippen molar-refractivity contribution in [3.8, 4) is 0 Å². The number of aliphatic hydroxyl groups is 3. The topological polar surface area (TPSA) is 60.7 Å². The Morgan fingerprint density at radius 2 is 1.83 bits per heavy atom. The fourth-order valence-corrected chi connectivity index (χ4v) is 5.83. The van der Waals surface area contributed by atoms with Gasteiger partial charge in [-0.3, -0.25) is 0 Å². The van der Waals surface area contributed by atoms with Crippen molar-refractivity contribution in [1.29, 1.82) is 0 Å². The van der Waals surface area contributed by atoms with Crippen molar-refractivity contribution in [2.45, 2.75) is 78.2 Å². The van der Waals surface area contributed by atoms with E-state index in [1.54, 1.807) is 6.08 Å². The summed E-state index contributed by atoms with van der Waals surface area (Å²) in [5.41, 5.74) is 0.402. The lowest BCUT2D eigenvalue weighted by Gasteiger charge is -2.63. The van der Waals surface area contributed by atoms with Crippen molar-refractivity contribution in [1.82, 2.24) is 0 Å². The number of hydrogen-bond donors (Lipinski definition) is 3. The first-order chi connectivity index (χ1) is 10.7. The fraction of sp³-hybridized carbons (Fsp3) is 0.900. The fourth-order valence-electron chi connectivity index (χ4n) is 5.83. The zero-order chi connectivity index (χ0) is 17.3. The Kier molecular flexibility index (Phi) is 5.65. The predicted molar refractivity (Wildman–Crippen MR) is 94.1 cm³/mol. The Bertz CT molecular complexity index is 442. The van der Waals surface area contributed by atoms with Crippen LogP contribution in [0.2, 0.25) is 0 Å². The van der Waals surface area contributed by atoms with Crippen LogP contribution in [-0.4, -0.2) is 34.1 Å². The Balaban J connectivity index is 2.27. The van der Waals surface area contributed by atoms with E-state index < -0.39 is 5.60 Å². The molecule has 2 aliphatic carbocycles. The Hall–Kier alpha value is -0.380. The van der Waals surface area contributed by atoms with Gasteiger partial charge in [-0.05, 0) is 66.8 Å². The van der Waals surface area contributed by atoms with E-state index in [0.717, 1.165) is 18.4 Å². The van der Waals surface area contributed by atoms with Gasteiger partial charge in [0.1, 0.15) is 0 Å². The minimum atomic E-state index is -0.683. The number of hydrogen-bond acceptors (Lipinski definition) is 3. The normalized spacial score (nSPS) is 40.7. The Morgan fingerprint density at radius 3 is 2.43 bits per heavy atom. The molecular weight excluding hydrogens is 288 g/mol. The average molecular weight is 325 g/mol. The molecule has 4 atom stereocenters. The van der Waals surface area contributed by atoms with E-state index in [9.17, 15) is 10.2 Å². The second-order valence-electron chi connectivity index (χ2n) is 8.92. The lowest BCUT2D eigenvalue weighted by Crippen LogP contribution is -2.62. The van der Waals surface area contributed by atoms with Gasteiger partial charge in [-0.25, -0.2) is 0 Å². The second kappa shape index (κ2) is 6.85. The van der Waals surface area contributed by atoms with Gasteiger partial charge in [0.15, 0.2) is 0 Å². The molecule has 2 rings (SSSR count). The third-order valence-electron chi connectivity index (χ3n) is 7.33. The van der Waals surface area contributed by atoms with Gasteiger partial charge in [0, 0.05) is 0 Å². The van der Waals surface area contributed by atoms with E-state index in [1.165, 1.54) is 19.3 Å². The maximum absolute atomic E-state index is 11.8. The monoisotopic (exact) mass is 324 g/mol. The largest absolute Gasteiger partial charge is 0.392 e. The van der Waals surface area contributed by atoms with Gasteiger partial charge in [0.25, 0.3) is 0 Å². The van der Waals surface area contributed by atoms with E-state index in [2.05, 4.69) is 27.7 Å². The highest BCUT2D eigenvalue weighted by Crippen LogP contribution is 2.63. The third kappa shape index (κ3) is 3.25. The minimum absolute atomic E-state index is 0.0311. The van der Waals surface area contributed by atoms with Gasteiger partial charge < -0.3 is 15.3 Å². The second-order valence-corrected chi connectivity index (χ2v) is 8.92. The molecule has 3 N–H and O–H groups in total. The van der Waals surface area contributed by atoms with Crippen LogP contribution >= 0.6 is 0 Å². The molecule has 0 aromatic heterocycles. The van der Waals surface area contributed by atoms with E-state index in [1.807, 2.05) is 0 Å². The third-order valence-corrected chi connectivity index (χ3v) is 7.33. The molecule has 0 bridgehead atoms. The van der Waals surface area contributed by atoms with Gasteiger partial charge in [-0.15, -0.1) is 0 Å². The average Bonchev–Trinajstić information content (AvgIpc) is 2.48. The van der Waals surface area contributed by atoms with Gasteiger partial charge in [0.05, 0.1) is 18.8 Å². The molecule has 0 aromatic rings. The highest BCUT2D eigenvalue weighted by Gasteiger charge is 2.60. The molecule has 134 valence electrons. The summed E-state index contributed by atoms with van der Waals surface area (Å²) < 4.78 is 0. The summed E-state index contributed by atoms with van der Waals surface area (Å²) in [5.74, 6) is 0.844. The van der Waals surface area contributed by atoms with E-state index in [4.69, 9.17) is 5.11 Å². The van der Waals surface area contributed by atoms with Crippen molar-refractivity contribution >= 4 is 0 Å². The van der Waals surface area contributed by atoms with Crippen LogP contribution in [0.15, 0.2) is 11.6 Å². The summed E-state index contributed by atoms with van der Waals surface area (Å²) in [6.07, 6.45) is 8.87. The molecule has 2 fully saturated rings. The maximum Gasteiger partial charge on any atom is 0.0732 e. The van der Waals surface area contributed by atoms with Crippen molar-refractivity contribution in [2.75, 3.05) is 13.2 Å². The van der Waals surface area contributed by atoms with Gasteiger partial charge >= 0.3 is 0 Å². The molecule has 2 aliphatic rings. The summed E-state index contributed by atoms with van der Waals surface area (Å²) in [6.45, 7) is 9.17. The van der Waals surface area contributed by atoms with Crippen LogP contribution in [0.5, 0.6) is 0 Å². The van der Waals surface area contributed by atoms with Crippen molar-refractivity contribution in [2.24, 2.45) is 22.7 Å². The summed E-state index contributed by atoms with van der Waals surface area (Å²) >= 11 is 0. The SMILES string of the molecule is C[C@@H]1CCC2C(C)(C)CCC[C@]2(C)[C@@]1(O)CC/C(=C/CO)CO. The first kappa shape index (κ1) is 19.0. The summed E-state index contributed by atoms with van der Waals surface area (Å²) in [6, 6.07) is 0. The summed E-state index contributed by atoms with van der Waals surface area (Å²) in [5, 5.41) is 30.3. The Morgan fingerprint density at radius 1 is 1.13 bits per heavy atom. The van der Waals surface area contributed by atoms with Crippen LogP contribution in [0.1, 0.15) is 72.6 Å². The van der Waals surface area contributed by atoms with Gasteiger partial charge in [0.2, 0.25) is 0 Å². The minimum Gasteiger partial charge on any atom is -0.392 e. The van der Waals surface area contributed by atoms with Crippen LogP contribution in [0.25, 0.3) is 0 Å². The first-order valence-electron chi connectivity index (χ1n) is 9.33. The van der Waals surface area contributed by atoms with Crippen molar-refractivity contribution < 1.29 is 15.3 Å². The molecule has 1 unspecified atom stereocenters. The zero-order valence-corrected chi connectivity index (χ0v) is 15.4. The molecule has 2 saturated carbocycles. The van der Waals surface area contributed by atoms with Crippen molar-refractivity contribution in [3.63, 3.8) is 0 Å². The first-order valence-corrected chi connectivity index (χ1v) is 9.33. The van der Waals surface area contributed by atoms with E-state index in [-0.39, 0.29) is 24.5 Å². The maximum atomic E-state index is 11.8. The Labute approximate surface area is 141 Å². The molecule has 23 heavy (non-hydrogen) atoms. The van der Waals surface area contributed by atoms with E-state index in [0.29, 0.717) is 24.2 Å². The molecular formula is C20H36O3. The molecule has 0 spiro atoms. The standard InChI is InChI=1S/C20H36O3/c1-15-6-7-17-18(2,3)10-5-11-19(17,4)20(15,23)12-8-16(14-22)9-13-21/h9,15,17,21-23H,5-8,10-14H2,1-4H3/b16-9-/t15-,17?,19+,20-/m1/s1. The quantitative estimate of drug-likeness (QED) is 0.676. The molecule has 3 nitrogen and oxygen atoms in total. The summed E-state index contributed by atoms with van der Waals surface area (Å²) in [4.78, 5) is 0. The van der Waals surface area contributed by atoms with Crippen LogP contribution in [0, 0.1) is 22.7 Å². The molecule has 0 aliphatic heterocycles. The number of aliphatic hydroxyl groups excluding tert-OH is 2. The lowest BCUT2D eigenvalue weighted by molar-refractivity contribution is -0.211. The zero-order valence-electron chi connectivity index (χ0n) is 15.4. The predicted octanol–water partition coefficient (Wildman–Crippen LogP) is 3.67. The van der Waals surface area contributed by atoms with Crippen LogP contribution in [-0.2, 0) is 0 Å². The van der Waals surface area contributed by atoms with Crippen LogP contribution in [0.3, 0.4) is 0 Å². The van der Waals surface area contributed by atoms with Gasteiger partial charge in [-0.1, -0.05) is 40.2 Å². The highest BCUT2D eigenvalue weighted by molar-refractivity contribution is 5.13. The lowest BCUT2D eigenvalue weighted by atomic mass is 9.44. The van der Waals surface area contributed by atoms with Crippen molar-refractivity contribution in [3.05, 3.63) is 11.6 Å². The molecule has 0 amide bonds. The van der Waals surface area contributed by atoms with E-state index >= 15 is 0 Å². The van der Waals surface area contributed by atoms with Crippen LogP contribution < -0.4 is 0 Å². The smallest absolute Gasteiger partial charge is 0.0732 e. The van der Waals surface area contributed by atoms with Gasteiger partial charge in [-0.2, -0.15) is 0 Å². The molecule has 0 heterocycles. The molecule has 3 heteroatoms. The highest BCUT2D eigenvalue weighted by atomic mass is 16.3. The number of fused-ring (bicyclic) bond motifs is 1. The summed E-state index contributed by atoms with van der Waals surface area (Å²) in [7, 11) is 0. The molecule has 0 aromatic carbocycles. The van der Waals surface area contributed by atoms with Crippen LogP contribution in [0.4, 0.5) is 0 Å².